The second-order valence-corrected chi connectivity index (χ2v) is 8.80. The summed E-state index contributed by atoms with van der Waals surface area (Å²) in [6.45, 7) is 8.33. The number of amides is 1. The SMILES string of the molecule is CCCNc1nc(Nc2cccc(F)c2)ncc1C#CC1CC(NC(=O)OC(C)(C)C)C1. The molecule has 32 heavy (non-hydrogen) atoms. The lowest BCUT2D eigenvalue weighted by Gasteiger charge is -2.33. The van der Waals surface area contributed by atoms with E-state index >= 15 is 0 Å². The highest BCUT2D eigenvalue weighted by molar-refractivity contribution is 5.68. The van der Waals surface area contributed by atoms with Crippen LogP contribution >= 0.6 is 0 Å². The summed E-state index contributed by atoms with van der Waals surface area (Å²) in [5.74, 6) is 7.28. The van der Waals surface area contributed by atoms with Gasteiger partial charge < -0.3 is 20.7 Å². The molecule has 0 spiro atoms. The van der Waals surface area contributed by atoms with E-state index in [9.17, 15) is 9.18 Å². The Balaban J connectivity index is 1.62. The van der Waals surface area contributed by atoms with Crippen LogP contribution < -0.4 is 16.0 Å². The molecule has 3 N–H and O–H groups in total. The van der Waals surface area contributed by atoms with Gasteiger partial charge in [0.05, 0.1) is 11.8 Å². The molecule has 1 aromatic carbocycles. The number of alkyl carbamates (subject to hydrolysis) is 1. The van der Waals surface area contributed by atoms with E-state index in [1.165, 1.54) is 12.1 Å². The van der Waals surface area contributed by atoms with Crippen LogP contribution in [0.1, 0.15) is 52.5 Å². The zero-order valence-electron chi connectivity index (χ0n) is 19.0. The van der Waals surface area contributed by atoms with E-state index in [2.05, 4.69) is 44.7 Å². The Morgan fingerprint density at radius 1 is 1.31 bits per heavy atom. The predicted octanol–water partition coefficient (Wildman–Crippen LogP) is 4.84. The van der Waals surface area contributed by atoms with E-state index in [1.807, 2.05) is 20.8 Å². The Labute approximate surface area is 188 Å². The normalized spacial score (nSPS) is 17.4. The van der Waals surface area contributed by atoms with Gasteiger partial charge in [0.1, 0.15) is 17.2 Å². The maximum atomic E-state index is 13.4. The Morgan fingerprint density at radius 3 is 2.78 bits per heavy atom. The van der Waals surface area contributed by atoms with Crippen LogP contribution in [0.5, 0.6) is 0 Å². The van der Waals surface area contributed by atoms with Crippen LogP contribution in [0.25, 0.3) is 0 Å². The molecule has 1 fully saturated rings. The quantitative estimate of drug-likeness (QED) is 0.559. The highest BCUT2D eigenvalue weighted by atomic mass is 19.1. The first-order chi connectivity index (χ1) is 15.2. The van der Waals surface area contributed by atoms with Crippen LogP contribution in [0.4, 0.5) is 26.6 Å². The molecule has 7 nitrogen and oxygen atoms in total. The van der Waals surface area contributed by atoms with Crippen molar-refractivity contribution in [2.24, 2.45) is 5.92 Å². The van der Waals surface area contributed by atoms with Gasteiger partial charge in [-0.25, -0.2) is 14.2 Å². The van der Waals surface area contributed by atoms with Crippen molar-refractivity contribution < 1.29 is 13.9 Å². The number of nitrogens with zero attached hydrogens (tertiary/aromatic N) is 2. The topological polar surface area (TPSA) is 88.2 Å². The minimum atomic E-state index is -0.509. The van der Waals surface area contributed by atoms with Gasteiger partial charge in [0.25, 0.3) is 0 Å². The number of hydrogen-bond acceptors (Lipinski definition) is 6. The molecule has 1 aromatic heterocycles. The molecule has 0 radical (unpaired) electrons. The highest BCUT2D eigenvalue weighted by Gasteiger charge is 2.30. The number of carbonyl (C=O) groups is 1. The van der Waals surface area contributed by atoms with Gasteiger partial charge >= 0.3 is 6.09 Å². The first kappa shape index (κ1) is 23.3. The van der Waals surface area contributed by atoms with Gasteiger partial charge in [0.15, 0.2) is 0 Å². The molecule has 3 rings (SSSR count). The molecule has 8 heteroatoms. The van der Waals surface area contributed by atoms with Crippen LogP contribution in [-0.2, 0) is 4.74 Å². The lowest BCUT2D eigenvalue weighted by molar-refractivity contribution is 0.0467. The minimum Gasteiger partial charge on any atom is -0.444 e. The zero-order valence-corrected chi connectivity index (χ0v) is 19.0. The van der Waals surface area contributed by atoms with Crippen LogP contribution in [0.15, 0.2) is 30.5 Å². The molecular weight excluding hydrogens is 409 g/mol. The van der Waals surface area contributed by atoms with E-state index in [0.29, 0.717) is 23.0 Å². The summed E-state index contributed by atoms with van der Waals surface area (Å²) in [6.07, 6.45) is 3.77. The minimum absolute atomic E-state index is 0.0796. The summed E-state index contributed by atoms with van der Waals surface area (Å²) in [6, 6.07) is 6.21. The number of benzene rings is 1. The Kier molecular flexibility index (Phi) is 7.52. The van der Waals surface area contributed by atoms with E-state index in [0.717, 1.165) is 25.8 Å². The lowest BCUT2D eigenvalue weighted by Crippen LogP contribution is -2.45. The number of halogens is 1. The molecular formula is C24H30FN5O2. The van der Waals surface area contributed by atoms with Gasteiger partial charge in [-0.1, -0.05) is 24.8 Å². The van der Waals surface area contributed by atoms with Gasteiger partial charge in [0.2, 0.25) is 5.95 Å². The number of carbonyl (C=O) groups excluding carboxylic acids is 1. The van der Waals surface area contributed by atoms with Crippen molar-refractivity contribution in [3.8, 4) is 11.8 Å². The second kappa shape index (κ2) is 10.3. The Bertz CT molecular complexity index is 1000. The summed E-state index contributed by atoms with van der Waals surface area (Å²) in [7, 11) is 0. The zero-order chi connectivity index (χ0) is 23.1. The van der Waals surface area contributed by atoms with Crippen LogP contribution in [0, 0.1) is 23.6 Å². The molecule has 1 heterocycles. The van der Waals surface area contributed by atoms with Crippen molar-refractivity contribution in [3.63, 3.8) is 0 Å². The maximum Gasteiger partial charge on any atom is 0.407 e. The monoisotopic (exact) mass is 439 g/mol. The number of hydrogen-bond donors (Lipinski definition) is 3. The highest BCUT2D eigenvalue weighted by Crippen LogP contribution is 2.27. The number of ether oxygens (including phenoxy) is 1. The number of aromatic nitrogens is 2. The third-order valence-corrected chi connectivity index (χ3v) is 4.68. The van der Waals surface area contributed by atoms with E-state index in [1.54, 1.807) is 18.3 Å². The fourth-order valence-electron chi connectivity index (χ4n) is 3.11. The van der Waals surface area contributed by atoms with Crippen molar-refractivity contribution in [3.05, 3.63) is 41.8 Å². The van der Waals surface area contributed by atoms with Crippen molar-refractivity contribution in [1.82, 2.24) is 15.3 Å². The average Bonchev–Trinajstić information content (AvgIpc) is 2.67. The molecule has 0 saturated heterocycles. The van der Waals surface area contributed by atoms with E-state index < -0.39 is 11.7 Å². The molecule has 2 aromatic rings. The Hall–Kier alpha value is -3.34. The second-order valence-electron chi connectivity index (χ2n) is 8.80. The third kappa shape index (κ3) is 7.12. The molecule has 1 aliphatic carbocycles. The number of rotatable bonds is 6. The average molecular weight is 440 g/mol. The molecule has 0 unspecified atom stereocenters. The van der Waals surface area contributed by atoms with Crippen LogP contribution in [0.3, 0.4) is 0 Å². The number of anilines is 3. The molecule has 170 valence electrons. The standard InChI is InChI=1S/C24H30FN5O2/c1-5-11-26-21-17(15-27-22(30-21)28-19-8-6-7-18(25)14-19)10-9-16-12-20(13-16)29-23(31)32-24(2,3)4/h6-8,14-16,20H,5,11-13H2,1-4H3,(H,29,31)(H2,26,27,28,30). The fourth-order valence-corrected chi connectivity index (χ4v) is 3.11. The first-order valence-electron chi connectivity index (χ1n) is 10.9. The van der Waals surface area contributed by atoms with E-state index in [4.69, 9.17) is 4.74 Å². The first-order valence-corrected chi connectivity index (χ1v) is 10.9. The molecule has 0 atom stereocenters. The van der Waals surface area contributed by atoms with Gasteiger partial charge in [-0.15, -0.1) is 0 Å². The van der Waals surface area contributed by atoms with Crippen LogP contribution in [-0.4, -0.2) is 34.2 Å². The maximum absolute atomic E-state index is 13.4. The molecule has 1 amide bonds. The van der Waals surface area contributed by atoms with E-state index in [-0.39, 0.29) is 17.8 Å². The smallest absolute Gasteiger partial charge is 0.407 e. The molecule has 0 aliphatic heterocycles. The predicted molar refractivity (Wildman–Crippen MR) is 123 cm³/mol. The Morgan fingerprint density at radius 2 is 2.09 bits per heavy atom. The van der Waals surface area contributed by atoms with Gasteiger partial charge in [0, 0.05) is 24.2 Å². The van der Waals surface area contributed by atoms with Crippen molar-refractivity contribution >= 4 is 23.5 Å². The largest absolute Gasteiger partial charge is 0.444 e. The third-order valence-electron chi connectivity index (χ3n) is 4.68. The van der Waals surface area contributed by atoms with Gasteiger partial charge in [-0.2, -0.15) is 4.98 Å². The number of nitrogens with one attached hydrogen (secondary N) is 3. The summed E-state index contributed by atoms with van der Waals surface area (Å²) >= 11 is 0. The molecule has 1 aliphatic rings. The summed E-state index contributed by atoms with van der Waals surface area (Å²) in [5, 5.41) is 9.16. The molecule has 0 bridgehead atoms. The van der Waals surface area contributed by atoms with Crippen molar-refractivity contribution in [2.45, 2.75) is 58.6 Å². The summed E-state index contributed by atoms with van der Waals surface area (Å²) in [4.78, 5) is 20.7. The van der Waals surface area contributed by atoms with Crippen molar-refractivity contribution in [2.75, 3.05) is 17.2 Å². The lowest BCUT2D eigenvalue weighted by atomic mass is 9.81. The fraction of sp³-hybridized carbons (Fsp3) is 0.458. The van der Waals surface area contributed by atoms with Gasteiger partial charge in [-0.3, -0.25) is 0 Å². The van der Waals surface area contributed by atoms with Gasteiger partial charge in [-0.05, 0) is 58.2 Å². The summed E-state index contributed by atoms with van der Waals surface area (Å²) in [5.41, 5.74) is 0.764. The molecule has 1 saturated carbocycles. The van der Waals surface area contributed by atoms with Crippen molar-refractivity contribution in [1.29, 1.82) is 0 Å². The summed E-state index contributed by atoms with van der Waals surface area (Å²) < 4.78 is 18.7. The van der Waals surface area contributed by atoms with Crippen LogP contribution in [0.2, 0.25) is 0 Å².